The van der Waals surface area contributed by atoms with E-state index in [1.165, 1.54) is 16.2 Å². The maximum atomic E-state index is 14.4. The topological polar surface area (TPSA) is 170 Å². The summed E-state index contributed by atoms with van der Waals surface area (Å²) in [5.41, 5.74) is 7.29. The second-order valence-electron chi connectivity index (χ2n) is 18.2. The van der Waals surface area contributed by atoms with Gasteiger partial charge in [0.1, 0.15) is 53.1 Å². The molecule has 0 radical (unpaired) electrons. The molecule has 3 aliphatic carbocycles. The molecular formula is C41H54ClN7O7S. The lowest BCUT2D eigenvalue weighted by molar-refractivity contribution is -0.141. The molecule has 0 bridgehead atoms. The molecule has 5 fully saturated rings. The number of benzene rings is 1. The zero-order valence-electron chi connectivity index (χ0n) is 33.7. The van der Waals surface area contributed by atoms with Crippen LogP contribution in [0.2, 0.25) is 5.02 Å². The van der Waals surface area contributed by atoms with Crippen molar-refractivity contribution in [1.29, 1.82) is 0 Å². The van der Waals surface area contributed by atoms with E-state index in [0.29, 0.717) is 81.8 Å². The highest BCUT2D eigenvalue weighted by molar-refractivity contribution is 7.14. The highest BCUT2D eigenvalue weighted by Crippen LogP contribution is 2.81. The van der Waals surface area contributed by atoms with Gasteiger partial charge >= 0.3 is 6.09 Å². The number of morpholine rings is 1. The molecule has 2 aromatic heterocycles. The van der Waals surface area contributed by atoms with E-state index in [-0.39, 0.29) is 31.2 Å². The number of nitrogens with one attached hydrogen (secondary N) is 2. The maximum absolute atomic E-state index is 14.4. The van der Waals surface area contributed by atoms with Crippen molar-refractivity contribution in [3.63, 3.8) is 0 Å². The Labute approximate surface area is 342 Å². The van der Waals surface area contributed by atoms with E-state index in [1.54, 1.807) is 12.1 Å². The second-order valence-corrected chi connectivity index (χ2v) is 19.4. The Bertz CT molecular complexity index is 2050. The van der Waals surface area contributed by atoms with Gasteiger partial charge in [0.05, 0.1) is 37.0 Å². The van der Waals surface area contributed by atoms with Crippen molar-refractivity contribution < 1.29 is 33.3 Å². The van der Waals surface area contributed by atoms with Crippen molar-refractivity contribution in [2.45, 2.75) is 97.2 Å². The SMILES string of the molecule is CC(C)Nc1nc(-c2cc(OC3C[C@@H](C(N)=O)N(C(=O)[C@@H](NC(=O)O[C@H]4C[C@@H]5[C@@H]6C4C[C@@]56C)C(C)(C)C)C3)c3ccc(OC[C@@H]4COCCN4C)c(Cl)c3n2)cs1. The third kappa shape index (κ3) is 7.60. The Morgan fingerprint density at radius 2 is 1.95 bits per heavy atom. The van der Waals surface area contributed by atoms with E-state index in [2.05, 4.69) is 22.5 Å². The van der Waals surface area contributed by atoms with E-state index in [1.807, 2.05) is 53.1 Å². The zero-order valence-corrected chi connectivity index (χ0v) is 35.2. The Morgan fingerprint density at radius 3 is 2.61 bits per heavy atom. The summed E-state index contributed by atoms with van der Waals surface area (Å²) in [6.45, 7) is 14.5. The zero-order chi connectivity index (χ0) is 40.6. The van der Waals surface area contributed by atoms with Crippen molar-refractivity contribution in [1.82, 2.24) is 25.1 Å². The predicted octanol–water partition coefficient (Wildman–Crippen LogP) is 5.56. The summed E-state index contributed by atoms with van der Waals surface area (Å²) in [6, 6.07) is 3.78. The fraction of sp³-hybridized carbons (Fsp3) is 0.634. The molecule has 4 heterocycles. The number of amides is 3. The van der Waals surface area contributed by atoms with Gasteiger partial charge in [-0.2, -0.15) is 0 Å². The number of ether oxygens (including phenoxy) is 4. The Morgan fingerprint density at radius 1 is 1.16 bits per heavy atom. The number of hydrogen-bond acceptors (Lipinski definition) is 12. The van der Waals surface area contributed by atoms with Crippen LogP contribution in [0.25, 0.3) is 22.3 Å². The van der Waals surface area contributed by atoms with E-state index >= 15 is 0 Å². The molecule has 3 aromatic rings. The highest BCUT2D eigenvalue weighted by Gasteiger charge is 2.78. The van der Waals surface area contributed by atoms with Crippen LogP contribution in [0.1, 0.15) is 60.8 Å². The molecule has 4 N–H and O–H groups in total. The van der Waals surface area contributed by atoms with Gasteiger partial charge in [-0.15, -0.1) is 11.3 Å². The molecule has 2 unspecified atom stereocenters. The molecule has 2 saturated heterocycles. The number of anilines is 1. The third-order valence-corrected chi connectivity index (χ3v) is 14.0. The lowest BCUT2D eigenvalue weighted by Crippen LogP contribution is -2.58. The molecule has 3 amide bonds. The molecule has 5 aliphatic rings. The van der Waals surface area contributed by atoms with Crippen molar-refractivity contribution in [3.8, 4) is 22.9 Å². The molecule has 8 rings (SSSR count). The molecule has 9 atom stereocenters. The third-order valence-electron chi connectivity index (χ3n) is 12.8. The minimum Gasteiger partial charge on any atom is -0.490 e. The maximum Gasteiger partial charge on any atom is 0.408 e. The van der Waals surface area contributed by atoms with Crippen molar-refractivity contribution in [2.75, 3.05) is 45.3 Å². The number of nitrogens with two attached hydrogens (primary N) is 1. The molecular weight excluding hydrogens is 770 g/mol. The van der Waals surface area contributed by atoms with Crippen LogP contribution in [0.15, 0.2) is 23.6 Å². The molecule has 16 heteroatoms. The summed E-state index contributed by atoms with van der Waals surface area (Å²) in [5, 5.41) is 9.81. The number of aromatic nitrogens is 2. The van der Waals surface area contributed by atoms with Crippen LogP contribution in [0.5, 0.6) is 11.5 Å². The van der Waals surface area contributed by atoms with Gasteiger partial charge in [0, 0.05) is 41.8 Å². The number of likely N-dealkylation sites (N-methyl/N-ethyl adjacent to an activating group) is 1. The van der Waals surface area contributed by atoms with Crippen LogP contribution < -0.4 is 25.8 Å². The monoisotopic (exact) mass is 823 g/mol. The number of nitrogens with zero attached hydrogens (tertiary/aromatic N) is 4. The van der Waals surface area contributed by atoms with E-state index in [9.17, 15) is 14.4 Å². The summed E-state index contributed by atoms with van der Waals surface area (Å²) in [6.07, 6.45) is 0.737. The van der Waals surface area contributed by atoms with Crippen molar-refractivity contribution >= 4 is 56.9 Å². The fourth-order valence-electron chi connectivity index (χ4n) is 9.62. The molecule has 2 aliphatic heterocycles. The van der Waals surface area contributed by atoms with Crippen molar-refractivity contribution in [2.24, 2.45) is 34.3 Å². The lowest BCUT2D eigenvalue weighted by atomic mass is 9.71. The predicted molar refractivity (Wildman–Crippen MR) is 218 cm³/mol. The largest absolute Gasteiger partial charge is 0.490 e. The highest BCUT2D eigenvalue weighted by atomic mass is 35.5. The van der Waals surface area contributed by atoms with E-state index in [0.717, 1.165) is 24.5 Å². The minimum absolute atomic E-state index is 0.0621. The minimum atomic E-state index is -0.975. The number of primary amides is 1. The molecule has 0 spiro atoms. The number of thiazole rings is 1. The van der Waals surface area contributed by atoms with Crippen molar-refractivity contribution in [3.05, 3.63) is 28.6 Å². The lowest BCUT2D eigenvalue weighted by Gasteiger charge is -2.39. The molecule has 14 nitrogen and oxygen atoms in total. The average molecular weight is 824 g/mol. The van der Waals surface area contributed by atoms with Gasteiger partial charge in [-0.25, -0.2) is 14.8 Å². The number of pyridine rings is 1. The first-order chi connectivity index (χ1) is 27.0. The molecule has 3 saturated carbocycles. The van der Waals surface area contributed by atoms with Gasteiger partial charge in [0.25, 0.3) is 0 Å². The van der Waals surface area contributed by atoms with E-state index < -0.39 is 41.5 Å². The Kier molecular flexibility index (Phi) is 10.5. The summed E-state index contributed by atoms with van der Waals surface area (Å²) >= 11 is 8.53. The summed E-state index contributed by atoms with van der Waals surface area (Å²) in [5.74, 6) is 1.52. The quantitative estimate of drug-likeness (QED) is 0.209. The number of fused-ring (bicyclic) bond motifs is 2. The van der Waals surface area contributed by atoms with E-state index in [4.69, 9.17) is 46.3 Å². The van der Waals surface area contributed by atoms with Crippen LogP contribution >= 0.6 is 22.9 Å². The number of alkyl carbamates (subject to hydrolysis) is 1. The van der Waals surface area contributed by atoms with Gasteiger partial charge in [-0.3, -0.25) is 14.5 Å². The van der Waals surface area contributed by atoms with Crippen LogP contribution in [-0.2, 0) is 19.1 Å². The smallest absolute Gasteiger partial charge is 0.408 e. The molecule has 308 valence electrons. The fourth-order valence-corrected chi connectivity index (χ4v) is 10.7. The van der Waals surface area contributed by atoms with Gasteiger partial charge in [0.15, 0.2) is 5.13 Å². The number of hydrogen-bond donors (Lipinski definition) is 3. The number of carbonyl (C=O) groups excluding carboxylic acids is 3. The molecule has 57 heavy (non-hydrogen) atoms. The van der Waals surface area contributed by atoms with Gasteiger partial charge in [0.2, 0.25) is 11.8 Å². The standard InChI is InChI=1S/C41H54ClN7O7S/c1-20(2)44-38-46-27(19-57-38)26-14-31(23-8-9-29(33(42)34(23)45-26)54-18-21-17-53-11-10-48(21)7)55-22-12-28(36(43)50)49(16-22)37(51)35(40(3,4)5)47-39(52)56-30-13-25-32-24(30)15-41(25,32)6/h8-9,14,19-22,24-25,28,30,32,35H,10-13,15-18H2,1-7H3,(H2,43,50)(H,44,46)(H,47,52)/t21-,22?,24?,25+,28-,30-,32-,35+,41-/m0/s1. The van der Waals surface area contributed by atoms with Crippen LogP contribution in [-0.4, -0.2) is 114 Å². The summed E-state index contributed by atoms with van der Waals surface area (Å²) in [7, 11) is 2.04. The average Bonchev–Trinajstić information content (AvgIpc) is 3.68. The van der Waals surface area contributed by atoms with Crippen LogP contribution in [0, 0.1) is 28.6 Å². The van der Waals surface area contributed by atoms with Gasteiger partial charge in [-0.1, -0.05) is 39.3 Å². The molecule has 1 aromatic carbocycles. The first-order valence-electron chi connectivity index (χ1n) is 20.0. The normalized spacial score (nSPS) is 29.8. The van der Waals surface area contributed by atoms with Gasteiger partial charge in [-0.05, 0) is 68.5 Å². The number of likely N-dealkylation sites (tertiary alicyclic amines) is 1. The first kappa shape index (κ1) is 39.9. The van der Waals surface area contributed by atoms with Crippen LogP contribution in [0.4, 0.5) is 9.93 Å². The second kappa shape index (κ2) is 15.0. The Balaban J connectivity index is 1.04. The Hall–Kier alpha value is -3.92. The van der Waals surface area contributed by atoms with Crippen LogP contribution in [0.3, 0.4) is 0 Å². The number of rotatable bonds is 12. The number of halogens is 1. The first-order valence-corrected chi connectivity index (χ1v) is 21.3. The summed E-state index contributed by atoms with van der Waals surface area (Å²) in [4.78, 5) is 54.0. The van der Waals surface area contributed by atoms with Gasteiger partial charge < -0.3 is 40.2 Å². The number of carbonyl (C=O) groups is 3. The summed E-state index contributed by atoms with van der Waals surface area (Å²) < 4.78 is 24.5.